The predicted molar refractivity (Wildman–Crippen MR) is 64.8 cm³/mol. The van der Waals surface area contributed by atoms with Gasteiger partial charge in [0.25, 0.3) is 0 Å². The Bertz CT molecular complexity index is 429. The van der Waals surface area contributed by atoms with Crippen LogP contribution in [-0.2, 0) is 0 Å². The van der Waals surface area contributed by atoms with E-state index in [2.05, 4.69) is 63.3 Å². The molecule has 0 amide bonds. The Morgan fingerprint density at radius 2 is 1.57 bits per heavy atom. The van der Waals surface area contributed by atoms with E-state index in [9.17, 15) is 0 Å². The molecule has 0 saturated heterocycles. The van der Waals surface area contributed by atoms with Gasteiger partial charge in [0.05, 0.1) is 0 Å². The molecule has 0 spiro atoms. The third kappa shape index (κ3) is 1.87. The van der Waals surface area contributed by atoms with Crippen LogP contribution < -0.4 is 5.46 Å². The zero-order valence-electron chi connectivity index (χ0n) is 8.62. The normalized spacial score (nSPS) is 10.1. The summed E-state index contributed by atoms with van der Waals surface area (Å²) in [7, 11) is 2.11. The molecule has 0 N–H and O–H groups in total. The number of benzene rings is 2. The highest BCUT2D eigenvalue weighted by Gasteiger charge is 1.96. The van der Waals surface area contributed by atoms with E-state index in [0.29, 0.717) is 0 Å². The van der Waals surface area contributed by atoms with Crippen LogP contribution >= 0.6 is 0 Å². The van der Waals surface area contributed by atoms with Crippen LogP contribution in [-0.4, -0.2) is 7.85 Å². The van der Waals surface area contributed by atoms with Crippen LogP contribution in [0.15, 0.2) is 48.5 Å². The number of hydrogen-bond donors (Lipinski definition) is 0. The van der Waals surface area contributed by atoms with E-state index in [1.165, 1.54) is 22.2 Å². The molecule has 0 fully saturated rings. The van der Waals surface area contributed by atoms with E-state index in [0.717, 1.165) is 0 Å². The van der Waals surface area contributed by atoms with E-state index in [1.54, 1.807) is 0 Å². The molecule has 0 aliphatic heterocycles. The van der Waals surface area contributed by atoms with E-state index >= 15 is 0 Å². The fourth-order valence-electron chi connectivity index (χ4n) is 1.57. The summed E-state index contributed by atoms with van der Waals surface area (Å²) in [5.74, 6) is 0. The van der Waals surface area contributed by atoms with Crippen molar-refractivity contribution in [3.63, 3.8) is 0 Å². The highest BCUT2D eigenvalue weighted by molar-refractivity contribution is 6.32. The molecular weight excluding hydrogens is 167 g/mol. The third-order valence-electron chi connectivity index (χ3n) is 2.40. The summed E-state index contributed by atoms with van der Waals surface area (Å²) < 4.78 is 0. The van der Waals surface area contributed by atoms with Crippen LogP contribution in [0.2, 0.25) is 0 Å². The lowest BCUT2D eigenvalue weighted by molar-refractivity contribution is 1.47. The second kappa shape index (κ2) is 3.71. The second-order valence-corrected chi connectivity index (χ2v) is 3.74. The van der Waals surface area contributed by atoms with Gasteiger partial charge in [-0.3, -0.25) is 0 Å². The van der Waals surface area contributed by atoms with Crippen molar-refractivity contribution >= 4 is 13.3 Å². The molecule has 14 heavy (non-hydrogen) atoms. The van der Waals surface area contributed by atoms with Gasteiger partial charge >= 0.3 is 0 Å². The average Bonchev–Trinajstić information content (AvgIpc) is 2.19. The number of rotatable bonds is 1. The molecule has 0 nitrogen and oxygen atoms in total. The Morgan fingerprint density at radius 3 is 2.21 bits per heavy atom. The Kier molecular flexibility index (Phi) is 2.40. The Morgan fingerprint density at radius 1 is 0.857 bits per heavy atom. The molecule has 0 bridgehead atoms. The van der Waals surface area contributed by atoms with Crippen LogP contribution in [0.25, 0.3) is 11.1 Å². The molecule has 0 heterocycles. The van der Waals surface area contributed by atoms with Gasteiger partial charge in [-0.25, -0.2) is 0 Å². The van der Waals surface area contributed by atoms with Crippen molar-refractivity contribution in [3.8, 4) is 11.1 Å². The lowest BCUT2D eigenvalue weighted by Gasteiger charge is -2.03. The molecule has 0 unspecified atom stereocenters. The van der Waals surface area contributed by atoms with Gasteiger partial charge in [-0.05, 0) is 18.1 Å². The van der Waals surface area contributed by atoms with Gasteiger partial charge < -0.3 is 0 Å². The topological polar surface area (TPSA) is 0 Å². The van der Waals surface area contributed by atoms with E-state index in [-0.39, 0.29) is 0 Å². The van der Waals surface area contributed by atoms with Crippen molar-refractivity contribution in [2.24, 2.45) is 0 Å². The maximum absolute atomic E-state index is 2.21. The van der Waals surface area contributed by atoms with Gasteiger partial charge in [0.2, 0.25) is 0 Å². The highest BCUT2D eigenvalue weighted by Crippen LogP contribution is 2.18. The van der Waals surface area contributed by atoms with Gasteiger partial charge in [-0.15, -0.1) is 0 Å². The van der Waals surface area contributed by atoms with Crippen molar-refractivity contribution < 1.29 is 0 Å². The van der Waals surface area contributed by atoms with Crippen molar-refractivity contribution in [3.05, 3.63) is 54.1 Å². The zero-order valence-corrected chi connectivity index (χ0v) is 8.62. The van der Waals surface area contributed by atoms with E-state index < -0.39 is 0 Å². The quantitative estimate of drug-likeness (QED) is 0.588. The summed E-state index contributed by atoms with van der Waals surface area (Å²) in [6.07, 6.45) is 0. The maximum Gasteiger partial charge on any atom is 0.139 e. The van der Waals surface area contributed by atoms with Gasteiger partial charge in [-0.1, -0.05) is 59.6 Å². The fraction of sp³-hybridized carbons (Fsp3) is 0.0769. The molecule has 68 valence electrons. The predicted octanol–water partition coefficient (Wildman–Crippen LogP) is 1.92. The molecule has 0 saturated carbocycles. The van der Waals surface area contributed by atoms with Gasteiger partial charge in [0.1, 0.15) is 7.85 Å². The summed E-state index contributed by atoms with van der Waals surface area (Å²) in [5, 5.41) is 0. The van der Waals surface area contributed by atoms with Crippen molar-refractivity contribution in [2.45, 2.75) is 6.92 Å². The first kappa shape index (κ1) is 9.08. The molecule has 0 radical (unpaired) electrons. The maximum atomic E-state index is 2.21. The molecule has 1 heteroatoms. The minimum atomic E-state index is 1.29. The second-order valence-electron chi connectivity index (χ2n) is 3.74. The Hall–Kier alpha value is -1.50. The van der Waals surface area contributed by atoms with Crippen molar-refractivity contribution in [1.29, 1.82) is 0 Å². The van der Waals surface area contributed by atoms with E-state index in [4.69, 9.17) is 0 Å². The molecule has 0 aromatic heterocycles. The summed E-state index contributed by atoms with van der Waals surface area (Å²) in [5.41, 5.74) is 5.20. The largest absolute Gasteiger partial charge is 0.139 e. The summed E-state index contributed by atoms with van der Waals surface area (Å²) >= 11 is 0. The third-order valence-corrected chi connectivity index (χ3v) is 2.40. The molecule has 2 rings (SSSR count). The first-order valence-electron chi connectivity index (χ1n) is 4.89. The molecule has 2 aromatic carbocycles. The first-order chi connectivity index (χ1) is 6.75. The van der Waals surface area contributed by atoms with E-state index in [1.807, 2.05) is 0 Å². The van der Waals surface area contributed by atoms with Crippen LogP contribution in [0.4, 0.5) is 0 Å². The van der Waals surface area contributed by atoms with Crippen LogP contribution in [0.5, 0.6) is 0 Å². The average molecular weight is 180 g/mol. The number of hydrogen-bond acceptors (Lipinski definition) is 0. The summed E-state index contributed by atoms with van der Waals surface area (Å²) in [6, 6.07) is 17.2. The van der Waals surface area contributed by atoms with Gasteiger partial charge in [-0.2, -0.15) is 0 Å². The lowest BCUT2D eigenvalue weighted by atomic mass is 9.93. The molecule has 0 atom stereocenters. The Balaban J connectivity index is 2.44. The monoisotopic (exact) mass is 180 g/mol. The highest BCUT2D eigenvalue weighted by atomic mass is 14.0. The van der Waals surface area contributed by atoms with Crippen molar-refractivity contribution in [1.82, 2.24) is 0 Å². The first-order valence-corrected chi connectivity index (χ1v) is 4.89. The van der Waals surface area contributed by atoms with Crippen LogP contribution in [0, 0.1) is 6.92 Å². The zero-order chi connectivity index (χ0) is 9.97. The molecule has 2 aromatic rings. The molecule has 0 aliphatic carbocycles. The number of aryl methyl sites for hydroxylation is 1. The lowest BCUT2D eigenvalue weighted by Crippen LogP contribution is -1.99. The molecule has 0 aliphatic rings. The van der Waals surface area contributed by atoms with Crippen LogP contribution in [0.3, 0.4) is 0 Å². The summed E-state index contributed by atoms with van der Waals surface area (Å²) in [4.78, 5) is 0. The van der Waals surface area contributed by atoms with Gasteiger partial charge in [0.15, 0.2) is 0 Å². The molecular formula is C13H13B. The Labute approximate surface area is 86.0 Å². The summed E-state index contributed by atoms with van der Waals surface area (Å²) in [6.45, 7) is 2.12. The SMILES string of the molecule is Bc1ccc(-c2cccc(C)c2)cc1. The van der Waals surface area contributed by atoms with Crippen molar-refractivity contribution in [2.75, 3.05) is 0 Å². The minimum Gasteiger partial charge on any atom is -0.0889 e. The standard InChI is InChI=1S/C13H13B/c1-10-3-2-4-12(9-10)11-5-7-13(14)8-6-11/h2-9H,14H2,1H3. The van der Waals surface area contributed by atoms with Crippen LogP contribution in [0.1, 0.15) is 5.56 Å². The smallest absolute Gasteiger partial charge is 0.0889 e. The van der Waals surface area contributed by atoms with Gasteiger partial charge in [0, 0.05) is 0 Å². The minimum absolute atomic E-state index is 1.29. The fourth-order valence-corrected chi connectivity index (χ4v) is 1.57.